The molecule has 1 aliphatic carbocycles. The lowest BCUT2D eigenvalue weighted by Crippen LogP contribution is -2.37. The van der Waals surface area contributed by atoms with Crippen LogP contribution in [0.1, 0.15) is 35.6 Å². The minimum absolute atomic E-state index is 0.00818. The number of hydrogen-bond acceptors (Lipinski definition) is 4. The second-order valence-electron chi connectivity index (χ2n) is 4.54. The Labute approximate surface area is 111 Å². The Bertz CT molecular complexity index is 449. The van der Waals surface area contributed by atoms with Crippen molar-refractivity contribution in [2.75, 3.05) is 6.61 Å². The molecule has 6 heteroatoms. The molecule has 2 N–H and O–H groups in total. The fraction of sp³-hybridized carbons (Fsp3) is 0.583. The first-order valence-corrected chi connectivity index (χ1v) is 6.40. The van der Waals surface area contributed by atoms with Crippen molar-refractivity contribution in [3.63, 3.8) is 0 Å². The summed E-state index contributed by atoms with van der Waals surface area (Å²) in [5.41, 5.74) is 0.202. The monoisotopic (exact) mass is 269 g/mol. The normalized spacial score (nSPS) is 16.4. The molecule has 1 heterocycles. The maximum absolute atomic E-state index is 12.1. The van der Waals surface area contributed by atoms with E-state index in [0.29, 0.717) is 18.2 Å². The number of halogens is 1. The number of amides is 1. The van der Waals surface area contributed by atoms with Crippen molar-refractivity contribution in [2.45, 2.75) is 32.2 Å². The molecule has 2 rings (SSSR count). The molecule has 1 atom stereocenters. The van der Waals surface area contributed by atoms with Crippen LogP contribution in [0.2, 0.25) is 5.02 Å². The molecule has 1 saturated carbocycles. The fourth-order valence-electron chi connectivity index (χ4n) is 1.91. The Morgan fingerprint density at radius 3 is 3.00 bits per heavy atom. The van der Waals surface area contributed by atoms with Gasteiger partial charge in [-0.2, -0.15) is 0 Å². The largest absolute Gasteiger partial charge is 0.396 e. The highest BCUT2D eigenvalue weighted by Gasteiger charge is 2.32. The number of aromatic nitrogens is 2. The second kappa shape index (κ2) is 5.63. The predicted octanol–water partition coefficient (Wildman–Crippen LogP) is 1.33. The van der Waals surface area contributed by atoms with Crippen LogP contribution in [0.15, 0.2) is 6.20 Å². The van der Waals surface area contributed by atoms with Gasteiger partial charge in [-0.05, 0) is 32.1 Å². The molecular formula is C12H16ClN3O2. The topological polar surface area (TPSA) is 75.1 Å². The Morgan fingerprint density at radius 2 is 2.39 bits per heavy atom. The van der Waals surface area contributed by atoms with Crippen molar-refractivity contribution < 1.29 is 9.90 Å². The highest BCUT2D eigenvalue weighted by Crippen LogP contribution is 2.34. The van der Waals surface area contributed by atoms with Crippen molar-refractivity contribution in [3.05, 3.63) is 22.7 Å². The first kappa shape index (κ1) is 13.2. The third kappa shape index (κ3) is 3.17. The Morgan fingerprint density at radius 1 is 1.67 bits per heavy atom. The Kier molecular flexibility index (Phi) is 4.14. The van der Waals surface area contributed by atoms with E-state index in [1.165, 1.54) is 6.20 Å². The zero-order valence-electron chi connectivity index (χ0n) is 10.2. The van der Waals surface area contributed by atoms with Gasteiger partial charge in [0.25, 0.3) is 5.91 Å². The number of nitrogens with one attached hydrogen (secondary N) is 1. The van der Waals surface area contributed by atoms with E-state index >= 15 is 0 Å². The summed E-state index contributed by atoms with van der Waals surface area (Å²) in [6.45, 7) is 1.77. The standard InChI is InChI=1S/C12H16ClN3O2/c1-7-14-6-9(13)11(15-7)12(18)16-10(4-5-17)8-2-3-8/h6,8,10,17H,2-5H2,1H3,(H,16,18). The summed E-state index contributed by atoms with van der Waals surface area (Å²) in [6.07, 6.45) is 4.19. The summed E-state index contributed by atoms with van der Waals surface area (Å²) in [7, 11) is 0. The molecule has 0 aliphatic heterocycles. The zero-order chi connectivity index (χ0) is 13.1. The molecule has 0 bridgehead atoms. The maximum atomic E-state index is 12.1. The average molecular weight is 270 g/mol. The number of aliphatic hydroxyl groups excluding tert-OH is 1. The highest BCUT2D eigenvalue weighted by molar-refractivity contribution is 6.33. The van der Waals surface area contributed by atoms with Crippen molar-refractivity contribution in [2.24, 2.45) is 5.92 Å². The average Bonchev–Trinajstić information content (AvgIpc) is 3.15. The number of carbonyl (C=O) groups is 1. The Hall–Kier alpha value is -1.20. The number of aliphatic hydroxyl groups is 1. The lowest BCUT2D eigenvalue weighted by molar-refractivity contribution is 0.0919. The van der Waals surface area contributed by atoms with Gasteiger partial charge in [0.05, 0.1) is 11.2 Å². The summed E-state index contributed by atoms with van der Waals surface area (Å²) in [5.74, 6) is 0.688. The van der Waals surface area contributed by atoms with E-state index in [0.717, 1.165) is 12.8 Å². The number of aryl methyl sites for hydroxylation is 1. The second-order valence-corrected chi connectivity index (χ2v) is 4.95. The molecule has 1 aromatic heterocycles. The van der Waals surface area contributed by atoms with E-state index in [1.807, 2.05) is 0 Å². The van der Waals surface area contributed by atoms with E-state index in [4.69, 9.17) is 16.7 Å². The van der Waals surface area contributed by atoms with Gasteiger partial charge in [0.15, 0.2) is 0 Å². The molecule has 98 valence electrons. The predicted molar refractivity (Wildman–Crippen MR) is 67.5 cm³/mol. The highest BCUT2D eigenvalue weighted by atomic mass is 35.5. The fourth-order valence-corrected chi connectivity index (χ4v) is 2.09. The smallest absolute Gasteiger partial charge is 0.271 e. The van der Waals surface area contributed by atoms with Crippen molar-refractivity contribution in [1.29, 1.82) is 0 Å². The van der Waals surface area contributed by atoms with E-state index in [-0.39, 0.29) is 29.3 Å². The molecule has 5 nitrogen and oxygen atoms in total. The Balaban J connectivity index is 2.07. The van der Waals surface area contributed by atoms with Gasteiger partial charge >= 0.3 is 0 Å². The third-order valence-electron chi connectivity index (χ3n) is 3.03. The van der Waals surface area contributed by atoms with Crippen LogP contribution in [0.5, 0.6) is 0 Å². The molecule has 1 amide bonds. The lowest BCUT2D eigenvalue weighted by atomic mass is 10.1. The van der Waals surface area contributed by atoms with Gasteiger partial charge in [0.1, 0.15) is 11.5 Å². The van der Waals surface area contributed by atoms with Gasteiger partial charge in [0, 0.05) is 12.6 Å². The molecule has 18 heavy (non-hydrogen) atoms. The zero-order valence-corrected chi connectivity index (χ0v) is 10.9. The van der Waals surface area contributed by atoms with Gasteiger partial charge < -0.3 is 10.4 Å². The summed E-state index contributed by atoms with van der Waals surface area (Å²) >= 11 is 5.91. The van der Waals surface area contributed by atoms with Crippen molar-refractivity contribution in [3.8, 4) is 0 Å². The molecule has 1 unspecified atom stereocenters. The first-order chi connectivity index (χ1) is 8.61. The van der Waals surface area contributed by atoms with Crippen LogP contribution in [0.4, 0.5) is 0 Å². The summed E-state index contributed by atoms with van der Waals surface area (Å²) in [4.78, 5) is 20.0. The molecular weight excluding hydrogens is 254 g/mol. The minimum Gasteiger partial charge on any atom is -0.396 e. The van der Waals surface area contributed by atoms with Gasteiger partial charge in [-0.25, -0.2) is 9.97 Å². The quantitative estimate of drug-likeness (QED) is 0.846. The van der Waals surface area contributed by atoms with E-state index in [9.17, 15) is 4.79 Å². The molecule has 0 radical (unpaired) electrons. The molecule has 1 aliphatic rings. The van der Waals surface area contributed by atoms with Crippen LogP contribution >= 0.6 is 11.6 Å². The van der Waals surface area contributed by atoms with Gasteiger partial charge in [0.2, 0.25) is 0 Å². The van der Waals surface area contributed by atoms with Crippen LogP contribution in [0.3, 0.4) is 0 Å². The van der Waals surface area contributed by atoms with Crippen molar-refractivity contribution >= 4 is 17.5 Å². The van der Waals surface area contributed by atoms with Crippen LogP contribution in [-0.4, -0.2) is 33.6 Å². The maximum Gasteiger partial charge on any atom is 0.271 e. The summed E-state index contributed by atoms with van der Waals surface area (Å²) in [5, 5.41) is 12.1. The van der Waals surface area contributed by atoms with Crippen LogP contribution in [0.25, 0.3) is 0 Å². The number of rotatable bonds is 5. The van der Waals surface area contributed by atoms with E-state index in [1.54, 1.807) is 6.92 Å². The van der Waals surface area contributed by atoms with Crippen LogP contribution in [-0.2, 0) is 0 Å². The van der Waals surface area contributed by atoms with Gasteiger partial charge in [-0.1, -0.05) is 11.6 Å². The molecule has 1 fully saturated rings. The SMILES string of the molecule is Cc1ncc(Cl)c(C(=O)NC(CCO)C2CC2)n1. The number of carbonyl (C=O) groups excluding carboxylic acids is 1. The molecule has 0 spiro atoms. The molecule has 0 saturated heterocycles. The molecule has 0 aromatic carbocycles. The molecule has 1 aromatic rings. The third-order valence-corrected chi connectivity index (χ3v) is 3.30. The van der Waals surface area contributed by atoms with Crippen LogP contribution < -0.4 is 5.32 Å². The number of hydrogen-bond donors (Lipinski definition) is 2. The summed E-state index contributed by atoms with van der Waals surface area (Å²) in [6, 6.07) is 0.00818. The van der Waals surface area contributed by atoms with E-state index < -0.39 is 0 Å². The minimum atomic E-state index is -0.296. The van der Waals surface area contributed by atoms with E-state index in [2.05, 4.69) is 15.3 Å². The lowest BCUT2D eigenvalue weighted by Gasteiger charge is -2.17. The van der Waals surface area contributed by atoms with Crippen molar-refractivity contribution in [1.82, 2.24) is 15.3 Å². The number of nitrogens with zero attached hydrogens (tertiary/aromatic N) is 2. The summed E-state index contributed by atoms with van der Waals surface area (Å²) < 4.78 is 0. The van der Waals surface area contributed by atoms with Gasteiger partial charge in [-0.3, -0.25) is 4.79 Å². The first-order valence-electron chi connectivity index (χ1n) is 6.02. The van der Waals surface area contributed by atoms with Gasteiger partial charge in [-0.15, -0.1) is 0 Å². The van der Waals surface area contributed by atoms with Crippen LogP contribution in [0, 0.1) is 12.8 Å².